The van der Waals surface area contributed by atoms with Crippen LogP contribution in [0.5, 0.6) is 0 Å². The molecule has 0 aliphatic carbocycles. The van der Waals surface area contributed by atoms with Gasteiger partial charge in [0.2, 0.25) is 0 Å². The summed E-state index contributed by atoms with van der Waals surface area (Å²) in [6.07, 6.45) is 6.70. The Morgan fingerprint density at radius 2 is 2.20 bits per heavy atom. The first-order chi connectivity index (χ1) is 7.24. The van der Waals surface area contributed by atoms with Crippen molar-refractivity contribution in [3.05, 3.63) is 21.9 Å². The van der Waals surface area contributed by atoms with Crippen molar-refractivity contribution in [2.45, 2.75) is 32.6 Å². The summed E-state index contributed by atoms with van der Waals surface area (Å²) < 4.78 is 0.947. The van der Waals surface area contributed by atoms with Crippen molar-refractivity contribution in [3.8, 4) is 0 Å². The van der Waals surface area contributed by atoms with E-state index in [0.29, 0.717) is 5.15 Å². The molecule has 1 aromatic heterocycles. The van der Waals surface area contributed by atoms with E-state index in [-0.39, 0.29) is 0 Å². The third-order valence-corrected chi connectivity index (χ3v) is 2.89. The first kappa shape index (κ1) is 12.8. The monoisotopic (exact) mass is 290 g/mol. The Kier molecular flexibility index (Phi) is 6.03. The minimum absolute atomic E-state index is 0.536. The Balaban J connectivity index is 2.33. The molecule has 0 aliphatic heterocycles. The topological polar surface area (TPSA) is 24.9 Å². The van der Waals surface area contributed by atoms with Crippen LogP contribution in [0.1, 0.15) is 32.6 Å². The molecule has 0 atom stereocenters. The second-order valence-electron chi connectivity index (χ2n) is 3.48. The van der Waals surface area contributed by atoms with Crippen LogP contribution in [0.25, 0.3) is 0 Å². The molecule has 84 valence electrons. The molecule has 0 saturated carbocycles. The van der Waals surface area contributed by atoms with Gasteiger partial charge in [0.1, 0.15) is 0 Å². The Morgan fingerprint density at radius 1 is 1.40 bits per heavy atom. The van der Waals surface area contributed by atoms with E-state index in [9.17, 15) is 0 Å². The van der Waals surface area contributed by atoms with Gasteiger partial charge in [-0.05, 0) is 28.4 Å². The highest BCUT2D eigenvalue weighted by molar-refractivity contribution is 9.10. The smallest absolute Gasteiger partial charge is 0.152 e. The molecule has 0 saturated heterocycles. The predicted molar refractivity (Wildman–Crippen MR) is 69.6 cm³/mol. The molecule has 0 radical (unpaired) electrons. The van der Waals surface area contributed by atoms with Gasteiger partial charge in [0, 0.05) is 17.2 Å². The molecule has 0 aromatic carbocycles. The van der Waals surface area contributed by atoms with Crippen molar-refractivity contribution in [1.29, 1.82) is 0 Å². The minimum atomic E-state index is 0.536. The molecule has 1 N–H and O–H groups in total. The summed E-state index contributed by atoms with van der Waals surface area (Å²) >= 11 is 9.31. The number of halogens is 2. The number of hydrogen-bond acceptors (Lipinski definition) is 2. The van der Waals surface area contributed by atoms with E-state index in [1.165, 1.54) is 25.7 Å². The van der Waals surface area contributed by atoms with Crippen LogP contribution < -0.4 is 5.32 Å². The Labute approximate surface area is 105 Å². The third-order valence-electron chi connectivity index (χ3n) is 2.15. The van der Waals surface area contributed by atoms with E-state index in [2.05, 4.69) is 33.2 Å². The molecule has 1 heterocycles. The summed E-state index contributed by atoms with van der Waals surface area (Å²) in [6.45, 7) is 3.17. The zero-order valence-electron chi connectivity index (χ0n) is 8.89. The van der Waals surface area contributed by atoms with Gasteiger partial charge in [0.05, 0.1) is 5.69 Å². The van der Waals surface area contributed by atoms with Crippen LogP contribution in [0.2, 0.25) is 5.15 Å². The predicted octanol–water partition coefficient (Wildman–Crippen LogP) is 4.49. The van der Waals surface area contributed by atoms with Crippen molar-refractivity contribution in [2.75, 3.05) is 11.9 Å². The van der Waals surface area contributed by atoms with Crippen LogP contribution in [0.4, 0.5) is 5.69 Å². The molecule has 15 heavy (non-hydrogen) atoms. The van der Waals surface area contributed by atoms with Gasteiger partial charge in [0.15, 0.2) is 5.15 Å². The number of nitrogens with one attached hydrogen (secondary N) is 1. The highest BCUT2D eigenvalue weighted by Crippen LogP contribution is 2.22. The fraction of sp³-hybridized carbons (Fsp3) is 0.545. The number of unbranched alkanes of at least 4 members (excludes halogenated alkanes) is 3. The summed E-state index contributed by atoms with van der Waals surface area (Å²) in [4.78, 5) is 4.05. The number of anilines is 1. The second kappa shape index (κ2) is 7.07. The maximum atomic E-state index is 5.94. The Hall–Kier alpha value is -0.280. The number of pyridine rings is 1. The molecule has 0 bridgehead atoms. The summed E-state index contributed by atoms with van der Waals surface area (Å²) in [5.74, 6) is 0. The average molecular weight is 292 g/mol. The lowest BCUT2D eigenvalue weighted by atomic mass is 10.2. The quantitative estimate of drug-likeness (QED) is 0.617. The first-order valence-electron chi connectivity index (χ1n) is 5.29. The molecule has 1 rings (SSSR count). The van der Waals surface area contributed by atoms with Gasteiger partial charge in [-0.15, -0.1) is 0 Å². The lowest BCUT2D eigenvalue weighted by Gasteiger charge is -2.07. The van der Waals surface area contributed by atoms with Gasteiger partial charge in [-0.3, -0.25) is 0 Å². The lowest BCUT2D eigenvalue weighted by molar-refractivity contribution is 0.685. The zero-order valence-corrected chi connectivity index (χ0v) is 11.2. The van der Waals surface area contributed by atoms with Crippen LogP contribution in [0.3, 0.4) is 0 Å². The summed E-state index contributed by atoms with van der Waals surface area (Å²) in [6, 6.07) is 1.95. The molecular weight excluding hydrogens is 275 g/mol. The lowest BCUT2D eigenvalue weighted by Crippen LogP contribution is -2.02. The Morgan fingerprint density at radius 3 is 2.93 bits per heavy atom. The molecule has 1 aromatic rings. The van der Waals surface area contributed by atoms with Gasteiger partial charge in [-0.25, -0.2) is 4.98 Å². The van der Waals surface area contributed by atoms with Crippen LogP contribution >= 0.6 is 27.5 Å². The normalized spacial score (nSPS) is 10.3. The van der Waals surface area contributed by atoms with Gasteiger partial charge in [-0.2, -0.15) is 0 Å². The number of hydrogen-bond donors (Lipinski definition) is 1. The number of rotatable bonds is 6. The first-order valence-corrected chi connectivity index (χ1v) is 6.46. The molecule has 2 nitrogen and oxygen atoms in total. The molecule has 0 fully saturated rings. The van der Waals surface area contributed by atoms with E-state index in [0.717, 1.165) is 16.7 Å². The highest BCUT2D eigenvalue weighted by atomic mass is 79.9. The van der Waals surface area contributed by atoms with Crippen LogP contribution in [0.15, 0.2) is 16.7 Å². The molecule has 0 unspecified atom stereocenters. The van der Waals surface area contributed by atoms with Gasteiger partial charge >= 0.3 is 0 Å². The molecule has 4 heteroatoms. The summed E-state index contributed by atoms with van der Waals surface area (Å²) in [7, 11) is 0. The molecule has 0 amide bonds. The van der Waals surface area contributed by atoms with Crippen molar-refractivity contribution in [1.82, 2.24) is 4.98 Å². The summed E-state index contributed by atoms with van der Waals surface area (Å²) in [5, 5.41) is 3.82. The number of aromatic nitrogens is 1. The maximum absolute atomic E-state index is 5.94. The standard InChI is InChI=1S/C11H16BrClN2/c1-2-3-4-5-6-14-10-7-9(12)8-15-11(10)13/h7-8,14H,2-6H2,1H3. The fourth-order valence-electron chi connectivity index (χ4n) is 1.32. The van der Waals surface area contributed by atoms with Crippen molar-refractivity contribution in [2.24, 2.45) is 0 Å². The minimum Gasteiger partial charge on any atom is -0.383 e. The van der Waals surface area contributed by atoms with Crippen molar-refractivity contribution in [3.63, 3.8) is 0 Å². The van der Waals surface area contributed by atoms with Gasteiger partial charge in [-0.1, -0.05) is 37.8 Å². The van der Waals surface area contributed by atoms with E-state index in [4.69, 9.17) is 11.6 Å². The van der Waals surface area contributed by atoms with Crippen LogP contribution in [-0.4, -0.2) is 11.5 Å². The van der Waals surface area contributed by atoms with Crippen molar-refractivity contribution < 1.29 is 0 Å². The van der Waals surface area contributed by atoms with E-state index >= 15 is 0 Å². The largest absolute Gasteiger partial charge is 0.383 e. The molecule has 0 spiro atoms. The maximum Gasteiger partial charge on any atom is 0.152 e. The van der Waals surface area contributed by atoms with Gasteiger partial charge < -0.3 is 5.32 Å². The second-order valence-corrected chi connectivity index (χ2v) is 4.75. The molecular formula is C11H16BrClN2. The molecule has 0 aliphatic rings. The van der Waals surface area contributed by atoms with Crippen LogP contribution in [-0.2, 0) is 0 Å². The van der Waals surface area contributed by atoms with E-state index < -0.39 is 0 Å². The van der Waals surface area contributed by atoms with E-state index in [1.807, 2.05) is 6.07 Å². The third kappa shape index (κ3) is 4.85. The van der Waals surface area contributed by atoms with Crippen LogP contribution in [0, 0.1) is 0 Å². The summed E-state index contributed by atoms with van der Waals surface area (Å²) in [5.41, 5.74) is 0.905. The van der Waals surface area contributed by atoms with Crippen molar-refractivity contribution >= 4 is 33.2 Å². The number of nitrogens with zero attached hydrogens (tertiary/aromatic N) is 1. The fourth-order valence-corrected chi connectivity index (χ4v) is 1.82. The van der Waals surface area contributed by atoms with E-state index in [1.54, 1.807) is 6.20 Å². The zero-order chi connectivity index (χ0) is 11.1. The highest BCUT2D eigenvalue weighted by Gasteiger charge is 2.00. The Bertz CT molecular complexity index is 305. The average Bonchev–Trinajstić information content (AvgIpc) is 2.23. The van der Waals surface area contributed by atoms with Gasteiger partial charge in [0.25, 0.3) is 0 Å². The SMILES string of the molecule is CCCCCCNc1cc(Br)cnc1Cl.